The van der Waals surface area contributed by atoms with Crippen LogP contribution in [0.5, 0.6) is 0 Å². The first-order valence-corrected chi connectivity index (χ1v) is 9.46. The summed E-state index contributed by atoms with van der Waals surface area (Å²) in [6, 6.07) is 28.3. The molecule has 0 aliphatic rings. The maximum Gasteiger partial charge on any atom is 0.224 e. The quantitative estimate of drug-likeness (QED) is 0.536. The van der Waals surface area contributed by atoms with Crippen LogP contribution in [0.3, 0.4) is 0 Å². The Morgan fingerprint density at radius 3 is 2.25 bits per heavy atom. The number of fused-ring (bicyclic) bond motifs is 1. The molecule has 28 heavy (non-hydrogen) atoms. The molecule has 0 spiro atoms. The Morgan fingerprint density at radius 2 is 1.50 bits per heavy atom. The summed E-state index contributed by atoms with van der Waals surface area (Å²) >= 11 is 0. The van der Waals surface area contributed by atoms with Gasteiger partial charge in [-0.25, -0.2) is 0 Å². The Morgan fingerprint density at radius 1 is 0.857 bits per heavy atom. The molecule has 1 N–H and O–H groups in total. The summed E-state index contributed by atoms with van der Waals surface area (Å²) in [5.74, 6) is 0.00113. The Balaban J connectivity index is 1.70. The normalized spacial score (nSPS) is 10.8. The van der Waals surface area contributed by atoms with Crippen LogP contribution in [0.4, 0.5) is 0 Å². The Hall–Kier alpha value is -3.46. The van der Waals surface area contributed by atoms with Crippen molar-refractivity contribution in [1.82, 2.24) is 10.3 Å². The molecule has 0 saturated heterocycles. The van der Waals surface area contributed by atoms with E-state index >= 15 is 0 Å². The molecule has 3 aromatic carbocycles. The molecule has 1 heterocycles. The molecular formula is C25H22N2O. The number of aromatic nitrogens is 1. The molecule has 0 atom stereocenters. The number of aryl methyl sites for hydroxylation is 1. The SMILES string of the molecule is Cc1nc2ccccc2c(-c2ccccc2)c1CC(=O)NCc1ccccc1. The summed E-state index contributed by atoms with van der Waals surface area (Å²) < 4.78 is 0. The van der Waals surface area contributed by atoms with Crippen molar-refractivity contribution < 1.29 is 4.79 Å². The molecule has 0 fully saturated rings. The van der Waals surface area contributed by atoms with Gasteiger partial charge >= 0.3 is 0 Å². The standard InChI is InChI=1S/C25H22N2O/c1-18-22(16-24(28)26-17-19-10-4-2-5-11-19)25(20-12-6-3-7-13-20)21-14-8-9-15-23(21)27-18/h2-15H,16-17H2,1H3,(H,26,28). The summed E-state index contributed by atoms with van der Waals surface area (Å²) in [5.41, 5.74) is 6.12. The minimum atomic E-state index is 0.00113. The first-order valence-electron chi connectivity index (χ1n) is 9.46. The van der Waals surface area contributed by atoms with Crippen LogP contribution in [-0.2, 0) is 17.8 Å². The number of hydrogen-bond donors (Lipinski definition) is 1. The van der Waals surface area contributed by atoms with Gasteiger partial charge in [-0.2, -0.15) is 0 Å². The third-order valence-electron chi connectivity index (χ3n) is 4.93. The molecule has 138 valence electrons. The number of hydrogen-bond acceptors (Lipinski definition) is 2. The van der Waals surface area contributed by atoms with E-state index < -0.39 is 0 Å². The lowest BCUT2D eigenvalue weighted by Crippen LogP contribution is -2.25. The van der Waals surface area contributed by atoms with E-state index in [1.54, 1.807) is 0 Å². The Kier molecular flexibility index (Phi) is 5.16. The molecule has 1 aromatic heterocycles. The van der Waals surface area contributed by atoms with E-state index in [-0.39, 0.29) is 5.91 Å². The minimum Gasteiger partial charge on any atom is -0.352 e. The van der Waals surface area contributed by atoms with Crippen LogP contribution >= 0.6 is 0 Å². The van der Waals surface area contributed by atoms with Crippen molar-refractivity contribution in [3.63, 3.8) is 0 Å². The summed E-state index contributed by atoms with van der Waals surface area (Å²) in [4.78, 5) is 17.5. The van der Waals surface area contributed by atoms with Crippen molar-refractivity contribution in [3.8, 4) is 11.1 Å². The third kappa shape index (κ3) is 3.79. The van der Waals surface area contributed by atoms with Crippen molar-refractivity contribution in [1.29, 1.82) is 0 Å². The van der Waals surface area contributed by atoms with E-state index in [9.17, 15) is 4.79 Å². The number of nitrogens with one attached hydrogen (secondary N) is 1. The van der Waals surface area contributed by atoms with E-state index in [0.29, 0.717) is 13.0 Å². The number of pyridine rings is 1. The lowest BCUT2D eigenvalue weighted by atomic mass is 9.92. The largest absolute Gasteiger partial charge is 0.352 e. The number of nitrogens with zero attached hydrogens (tertiary/aromatic N) is 1. The van der Waals surface area contributed by atoms with Crippen molar-refractivity contribution >= 4 is 16.8 Å². The number of carbonyl (C=O) groups is 1. The molecule has 4 aromatic rings. The van der Waals surface area contributed by atoms with E-state index in [4.69, 9.17) is 4.98 Å². The average molecular weight is 366 g/mol. The van der Waals surface area contributed by atoms with E-state index in [2.05, 4.69) is 23.5 Å². The molecule has 1 amide bonds. The number of carbonyl (C=O) groups excluding carboxylic acids is 1. The Labute approximate surface area is 165 Å². The van der Waals surface area contributed by atoms with Gasteiger partial charge in [-0.15, -0.1) is 0 Å². The minimum absolute atomic E-state index is 0.00113. The zero-order chi connectivity index (χ0) is 19.3. The van der Waals surface area contributed by atoms with Crippen LogP contribution in [-0.4, -0.2) is 10.9 Å². The second kappa shape index (κ2) is 8.05. The van der Waals surface area contributed by atoms with E-state index in [0.717, 1.165) is 38.9 Å². The molecule has 0 aliphatic carbocycles. The topological polar surface area (TPSA) is 42.0 Å². The first kappa shape index (κ1) is 17.9. The fourth-order valence-electron chi connectivity index (χ4n) is 3.54. The molecule has 0 saturated carbocycles. The predicted molar refractivity (Wildman–Crippen MR) is 114 cm³/mol. The van der Waals surface area contributed by atoms with Gasteiger partial charge in [0, 0.05) is 17.6 Å². The molecule has 4 rings (SSSR count). The summed E-state index contributed by atoms with van der Waals surface area (Å²) in [6.45, 7) is 2.51. The lowest BCUT2D eigenvalue weighted by Gasteiger charge is -2.16. The van der Waals surface area contributed by atoms with E-state index in [1.807, 2.05) is 73.7 Å². The van der Waals surface area contributed by atoms with Gasteiger partial charge in [0.25, 0.3) is 0 Å². The zero-order valence-electron chi connectivity index (χ0n) is 15.9. The van der Waals surface area contributed by atoms with Gasteiger partial charge in [0.1, 0.15) is 0 Å². The zero-order valence-corrected chi connectivity index (χ0v) is 15.9. The smallest absolute Gasteiger partial charge is 0.224 e. The lowest BCUT2D eigenvalue weighted by molar-refractivity contribution is -0.120. The highest BCUT2D eigenvalue weighted by molar-refractivity contribution is 5.98. The number of para-hydroxylation sites is 1. The van der Waals surface area contributed by atoms with Crippen molar-refractivity contribution in [2.24, 2.45) is 0 Å². The number of rotatable bonds is 5. The molecule has 3 nitrogen and oxygen atoms in total. The average Bonchev–Trinajstić information content (AvgIpc) is 2.74. The van der Waals surface area contributed by atoms with Crippen LogP contribution in [0.25, 0.3) is 22.0 Å². The predicted octanol–water partition coefficient (Wildman–Crippen LogP) is 5.07. The van der Waals surface area contributed by atoms with Crippen LogP contribution in [0.2, 0.25) is 0 Å². The summed E-state index contributed by atoms with van der Waals surface area (Å²) in [5, 5.41) is 4.11. The monoisotopic (exact) mass is 366 g/mol. The van der Waals surface area contributed by atoms with Gasteiger partial charge in [-0.05, 0) is 35.2 Å². The van der Waals surface area contributed by atoms with Gasteiger partial charge in [0.2, 0.25) is 5.91 Å². The molecule has 0 unspecified atom stereocenters. The van der Waals surface area contributed by atoms with Crippen molar-refractivity contribution in [2.45, 2.75) is 19.9 Å². The second-order valence-electron chi connectivity index (χ2n) is 6.87. The van der Waals surface area contributed by atoms with Crippen LogP contribution < -0.4 is 5.32 Å². The van der Waals surface area contributed by atoms with Crippen molar-refractivity contribution in [3.05, 3.63) is 102 Å². The third-order valence-corrected chi connectivity index (χ3v) is 4.93. The van der Waals surface area contributed by atoms with Crippen molar-refractivity contribution in [2.75, 3.05) is 0 Å². The van der Waals surface area contributed by atoms with Gasteiger partial charge < -0.3 is 5.32 Å². The second-order valence-corrected chi connectivity index (χ2v) is 6.87. The fourth-order valence-corrected chi connectivity index (χ4v) is 3.54. The maximum atomic E-state index is 12.7. The highest BCUT2D eigenvalue weighted by Crippen LogP contribution is 2.33. The molecule has 0 bridgehead atoms. The first-order chi connectivity index (χ1) is 13.7. The number of benzene rings is 3. The maximum absolute atomic E-state index is 12.7. The highest BCUT2D eigenvalue weighted by Gasteiger charge is 2.17. The summed E-state index contributed by atoms with van der Waals surface area (Å²) in [6.07, 6.45) is 0.306. The molecular weight excluding hydrogens is 344 g/mol. The number of amides is 1. The Bertz CT molecular complexity index is 1110. The molecule has 0 radical (unpaired) electrons. The summed E-state index contributed by atoms with van der Waals surface area (Å²) in [7, 11) is 0. The van der Waals surface area contributed by atoms with Gasteiger partial charge in [0.05, 0.1) is 11.9 Å². The van der Waals surface area contributed by atoms with Gasteiger partial charge in [-0.3, -0.25) is 9.78 Å². The van der Waals surface area contributed by atoms with E-state index in [1.165, 1.54) is 0 Å². The molecule has 3 heteroatoms. The van der Waals surface area contributed by atoms with Gasteiger partial charge in [-0.1, -0.05) is 78.9 Å². The van der Waals surface area contributed by atoms with Crippen LogP contribution in [0.15, 0.2) is 84.9 Å². The molecule has 0 aliphatic heterocycles. The van der Waals surface area contributed by atoms with Crippen LogP contribution in [0.1, 0.15) is 16.8 Å². The van der Waals surface area contributed by atoms with Crippen LogP contribution in [0, 0.1) is 6.92 Å². The fraction of sp³-hybridized carbons (Fsp3) is 0.120. The highest BCUT2D eigenvalue weighted by atomic mass is 16.1. The van der Waals surface area contributed by atoms with Gasteiger partial charge in [0.15, 0.2) is 0 Å².